The van der Waals surface area contributed by atoms with Crippen LogP contribution in [0.3, 0.4) is 0 Å². The molecule has 9 heteroatoms. The van der Waals surface area contributed by atoms with Crippen molar-refractivity contribution in [1.29, 1.82) is 0 Å². The molecule has 0 aliphatic heterocycles. The lowest BCUT2D eigenvalue weighted by Crippen LogP contribution is -2.48. The van der Waals surface area contributed by atoms with Gasteiger partial charge in [0.1, 0.15) is 6.04 Å². The van der Waals surface area contributed by atoms with E-state index in [1.807, 2.05) is 43.3 Å². The van der Waals surface area contributed by atoms with Gasteiger partial charge in [-0.1, -0.05) is 30.3 Å². The molecule has 1 atom stereocenters. The maximum absolute atomic E-state index is 13.5. The van der Waals surface area contributed by atoms with Crippen LogP contribution in [0.4, 0.5) is 5.69 Å². The number of carbonyl (C=O) groups excluding carboxylic acids is 2. The van der Waals surface area contributed by atoms with Gasteiger partial charge in [0.2, 0.25) is 11.8 Å². The molecule has 4 aromatic rings. The highest BCUT2D eigenvalue weighted by atomic mass is 16.2. The number of hydrogen-bond acceptors (Lipinski definition) is 5. The second kappa shape index (κ2) is 11.7. The van der Waals surface area contributed by atoms with E-state index in [1.165, 1.54) is 0 Å². The SMILES string of the molecule is Cc1ncccc1-c1ccc(C[C@H](NC(=O)C2CCC(CN)CC2)C(=O)Nc2ccc3c(=O)[nH][nH]c3c2)cc1. The Morgan fingerprint density at radius 3 is 2.54 bits per heavy atom. The number of carbonyl (C=O) groups is 2. The van der Waals surface area contributed by atoms with Crippen molar-refractivity contribution in [3.8, 4) is 11.1 Å². The second-order valence-electron chi connectivity index (χ2n) is 10.4. The average Bonchev–Trinajstić information content (AvgIpc) is 3.33. The van der Waals surface area contributed by atoms with E-state index in [9.17, 15) is 14.4 Å². The van der Waals surface area contributed by atoms with E-state index in [4.69, 9.17) is 5.73 Å². The summed E-state index contributed by atoms with van der Waals surface area (Å²) in [5.74, 6) is -0.0766. The molecular formula is C30H34N6O3. The highest BCUT2D eigenvalue weighted by Gasteiger charge is 2.29. The van der Waals surface area contributed by atoms with E-state index in [0.717, 1.165) is 48.1 Å². The molecule has 0 bridgehead atoms. The number of benzene rings is 2. The number of amides is 2. The molecule has 6 N–H and O–H groups in total. The van der Waals surface area contributed by atoms with Gasteiger partial charge in [-0.05, 0) is 80.5 Å². The second-order valence-corrected chi connectivity index (χ2v) is 10.4. The molecule has 2 aromatic carbocycles. The van der Waals surface area contributed by atoms with Crippen LogP contribution >= 0.6 is 0 Å². The highest BCUT2D eigenvalue weighted by molar-refractivity contribution is 5.99. The predicted molar refractivity (Wildman–Crippen MR) is 152 cm³/mol. The zero-order valence-electron chi connectivity index (χ0n) is 22.0. The lowest BCUT2D eigenvalue weighted by molar-refractivity contribution is -0.130. The van der Waals surface area contributed by atoms with Gasteiger partial charge in [0.15, 0.2) is 0 Å². The molecular weight excluding hydrogens is 492 g/mol. The maximum Gasteiger partial charge on any atom is 0.271 e. The first-order chi connectivity index (χ1) is 18.9. The molecule has 0 radical (unpaired) electrons. The minimum absolute atomic E-state index is 0.0985. The summed E-state index contributed by atoms with van der Waals surface area (Å²) in [6, 6.07) is 16.2. The Kier molecular flexibility index (Phi) is 7.88. The molecule has 1 aliphatic carbocycles. The summed E-state index contributed by atoms with van der Waals surface area (Å²) >= 11 is 0. The molecule has 202 valence electrons. The molecule has 1 fully saturated rings. The third-order valence-electron chi connectivity index (χ3n) is 7.74. The number of H-pyrrole nitrogens is 2. The van der Waals surface area contributed by atoms with Crippen LogP contribution in [-0.2, 0) is 16.0 Å². The molecule has 2 amide bonds. The predicted octanol–water partition coefficient (Wildman–Crippen LogP) is 3.66. The Morgan fingerprint density at radius 1 is 1.05 bits per heavy atom. The summed E-state index contributed by atoms with van der Waals surface area (Å²) in [5.41, 5.74) is 10.7. The monoisotopic (exact) mass is 526 g/mol. The number of hydrogen-bond donors (Lipinski definition) is 5. The third kappa shape index (κ3) is 6.09. The fraction of sp³-hybridized carbons (Fsp3) is 0.333. The molecule has 9 nitrogen and oxygen atoms in total. The topological polar surface area (TPSA) is 146 Å². The van der Waals surface area contributed by atoms with Crippen LogP contribution in [0.25, 0.3) is 22.0 Å². The molecule has 39 heavy (non-hydrogen) atoms. The maximum atomic E-state index is 13.5. The van der Waals surface area contributed by atoms with Crippen LogP contribution in [0.5, 0.6) is 0 Å². The normalized spacial score (nSPS) is 18.0. The number of anilines is 1. The molecule has 2 heterocycles. The van der Waals surface area contributed by atoms with Crippen LogP contribution in [0, 0.1) is 18.8 Å². The Labute approximate surface area is 226 Å². The first kappa shape index (κ1) is 26.4. The van der Waals surface area contributed by atoms with Crippen LogP contribution in [0.2, 0.25) is 0 Å². The summed E-state index contributed by atoms with van der Waals surface area (Å²) < 4.78 is 0. The number of fused-ring (bicyclic) bond motifs is 1. The summed E-state index contributed by atoms with van der Waals surface area (Å²) in [4.78, 5) is 42.9. The lowest BCUT2D eigenvalue weighted by Gasteiger charge is -2.28. The van der Waals surface area contributed by atoms with Gasteiger partial charge in [0.05, 0.1) is 10.9 Å². The fourth-order valence-corrected chi connectivity index (χ4v) is 5.35. The standard InChI is InChI=1S/C30H34N6O3/c1-18-24(3-2-14-32-18)21-8-4-19(5-9-21)15-27(34-28(37)22-10-6-20(17-31)7-11-22)30(39)33-23-12-13-25-26(16-23)35-36-29(25)38/h2-5,8-9,12-14,16,20,22,27H,6-7,10-11,15,17,31H2,1H3,(H,33,39)(H,34,37)(H2,35,36,38)/t20?,22?,27-/m0/s1. The van der Waals surface area contributed by atoms with Gasteiger partial charge >= 0.3 is 0 Å². The van der Waals surface area contributed by atoms with Crippen molar-refractivity contribution in [2.45, 2.75) is 45.1 Å². The van der Waals surface area contributed by atoms with Gasteiger partial charge in [0.25, 0.3) is 5.56 Å². The van der Waals surface area contributed by atoms with E-state index in [2.05, 4.69) is 25.8 Å². The van der Waals surface area contributed by atoms with E-state index < -0.39 is 6.04 Å². The number of aromatic amines is 2. The molecule has 1 saturated carbocycles. The van der Waals surface area contributed by atoms with Crippen LogP contribution in [-0.4, -0.2) is 39.6 Å². The van der Waals surface area contributed by atoms with Gasteiger partial charge < -0.3 is 16.4 Å². The van der Waals surface area contributed by atoms with Gasteiger partial charge in [0, 0.05) is 35.5 Å². The Bertz CT molecular complexity index is 1520. The zero-order chi connectivity index (χ0) is 27.4. The number of nitrogens with zero attached hydrogens (tertiary/aromatic N) is 1. The third-order valence-corrected chi connectivity index (χ3v) is 7.74. The minimum Gasteiger partial charge on any atom is -0.344 e. The largest absolute Gasteiger partial charge is 0.344 e. The summed E-state index contributed by atoms with van der Waals surface area (Å²) in [6.45, 7) is 2.62. The van der Waals surface area contributed by atoms with E-state index in [-0.39, 0.29) is 23.3 Å². The lowest BCUT2D eigenvalue weighted by atomic mass is 9.81. The summed E-state index contributed by atoms with van der Waals surface area (Å²) in [6.07, 6.45) is 5.51. The number of rotatable bonds is 8. The van der Waals surface area contributed by atoms with Crippen molar-refractivity contribution in [2.24, 2.45) is 17.6 Å². The molecule has 0 saturated heterocycles. The van der Waals surface area contributed by atoms with Crippen LogP contribution in [0.15, 0.2) is 65.6 Å². The van der Waals surface area contributed by atoms with Crippen molar-refractivity contribution in [3.63, 3.8) is 0 Å². The average molecular weight is 527 g/mol. The van der Waals surface area contributed by atoms with Gasteiger partial charge in [-0.25, -0.2) is 0 Å². The van der Waals surface area contributed by atoms with Crippen LogP contribution < -0.4 is 21.9 Å². The first-order valence-electron chi connectivity index (χ1n) is 13.4. The van der Waals surface area contributed by atoms with Crippen molar-refractivity contribution >= 4 is 28.4 Å². The fourth-order valence-electron chi connectivity index (χ4n) is 5.35. The van der Waals surface area contributed by atoms with Gasteiger partial charge in [-0.3, -0.25) is 29.6 Å². The number of pyridine rings is 1. The Hall–Kier alpha value is -4.24. The van der Waals surface area contributed by atoms with Crippen molar-refractivity contribution in [1.82, 2.24) is 20.5 Å². The van der Waals surface area contributed by atoms with E-state index >= 15 is 0 Å². The summed E-state index contributed by atoms with van der Waals surface area (Å²) in [7, 11) is 0. The van der Waals surface area contributed by atoms with Crippen molar-refractivity contribution in [3.05, 3.63) is 82.4 Å². The number of nitrogens with two attached hydrogens (primary N) is 1. The zero-order valence-corrected chi connectivity index (χ0v) is 22.0. The molecule has 5 rings (SSSR count). The number of nitrogens with one attached hydrogen (secondary N) is 4. The van der Waals surface area contributed by atoms with Gasteiger partial charge in [-0.15, -0.1) is 0 Å². The van der Waals surface area contributed by atoms with Crippen molar-refractivity contribution in [2.75, 3.05) is 11.9 Å². The summed E-state index contributed by atoms with van der Waals surface area (Å²) in [5, 5.41) is 11.8. The Balaban J connectivity index is 1.34. The van der Waals surface area contributed by atoms with E-state index in [0.29, 0.717) is 35.5 Å². The molecule has 0 unspecified atom stereocenters. The first-order valence-corrected chi connectivity index (χ1v) is 13.4. The molecule has 2 aromatic heterocycles. The van der Waals surface area contributed by atoms with Crippen molar-refractivity contribution < 1.29 is 9.59 Å². The molecule has 1 aliphatic rings. The van der Waals surface area contributed by atoms with Gasteiger partial charge in [-0.2, -0.15) is 0 Å². The number of aryl methyl sites for hydroxylation is 1. The highest BCUT2D eigenvalue weighted by Crippen LogP contribution is 2.28. The smallest absolute Gasteiger partial charge is 0.271 e. The number of aromatic nitrogens is 3. The van der Waals surface area contributed by atoms with Crippen LogP contribution in [0.1, 0.15) is 36.9 Å². The Morgan fingerprint density at radius 2 is 1.82 bits per heavy atom. The van der Waals surface area contributed by atoms with E-state index in [1.54, 1.807) is 24.4 Å². The quantitative estimate of drug-likeness (QED) is 0.238. The molecule has 0 spiro atoms. The minimum atomic E-state index is -0.767.